The van der Waals surface area contributed by atoms with E-state index in [-0.39, 0.29) is 11.8 Å². The number of carboxylic acid groups (broad SMARTS) is 2. The number of nitrogens with one attached hydrogen (secondary N) is 3. The first-order chi connectivity index (χ1) is 17.6. The van der Waals surface area contributed by atoms with Crippen molar-refractivity contribution in [3.05, 3.63) is 34.9 Å². The number of carboxylic acids is 2. The van der Waals surface area contributed by atoms with E-state index in [1.54, 1.807) is 0 Å². The molecule has 0 saturated heterocycles. The normalized spacial score (nSPS) is 12.4. The Morgan fingerprint density at radius 1 is 0.865 bits per heavy atom. The third-order valence-electron chi connectivity index (χ3n) is 5.69. The number of nitrogens with two attached hydrogens (primary N) is 2. The quantitative estimate of drug-likeness (QED) is 0.0780. The highest BCUT2D eigenvalue weighted by Gasteiger charge is 2.21. The monoisotopic (exact) mass is 518 g/mol. The summed E-state index contributed by atoms with van der Waals surface area (Å²) < 4.78 is 0. The lowest BCUT2D eigenvalue weighted by atomic mass is 10.0. The van der Waals surface area contributed by atoms with E-state index >= 15 is 0 Å². The number of unbranched alkanes of at least 4 members (excludes halogenated alkanes) is 8. The average molecular weight is 519 g/mol. The first-order valence-corrected chi connectivity index (χ1v) is 13.2. The fourth-order valence-electron chi connectivity index (χ4n) is 3.76. The highest BCUT2D eigenvalue weighted by Crippen LogP contribution is 2.25. The van der Waals surface area contributed by atoms with Crippen molar-refractivity contribution in [2.24, 2.45) is 16.6 Å². The summed E-state index contributed by atoms with van der Waals surface area (Å²) in [6.07, 6.45) is 13.3. The van der Waals surface area contributed by atoms with Crippen LogP contribution in [0.4, 0.5) is 0 Å². The molecule has 0 radical (unpaired) electrons. The Balaban J connectivity index is 0.000000564. The highest BCUT2D eigenvalue weighted by atomic mass is 16.4. The lowest BCUT2D eigenvalue weighted by Gasteiger charge is -2.06. The van der Waals surface area contributed by atoms with Crippen LogP contribution in [0.1, 0.15) is 114 Å². The molecular formula is C27H46N6O4. The fourth-order valence-corrected chi connectivity index (χ4v) is 3.76. The molecule has 208 valence electrons. The van der Waals surface area contributed by atoms with Crippen LogP contribution in [0.2, 0.25) is 0 Å². The molecule has 1 aromatic rings. The van der Waals surface area contributed by atoms with Crippen LogP contribution in [0, 0.1) is 10.8 Å². The van der Waals surface area contributed by atoms with Crippen LogP contribution >= 0.6 is 0 Å². The molecule has 0 bridgehead atoms. The number of fused-ring (bicyclic) bond motifs is 1. The van der Waals surface area contributed by atoms with Gasteiger partial charge in [-0.05, 0) is 31.2 Å². The van der Waals surface area contributed by atoms with Gasteiger partial charge in [-0.25, -0.2) is 5.43 Å². The number of nitrogen functional groups attached to an aromatic ring is 1. The van der Waals surface area contributed by atoms with Gasteiger partial charge < -0.3 is 21.7 Å². The van der Waals surface area contributed by atoms with E-state index in [9.17, 15) is 9.59 Å². The maximum absolute atomic E-state index is 10.0. The van der Waals surface area contributed by atoms with Crippen molar-refractivity contribution in [3.8, 4) is 0 Å². The Morgan fingerprint density at radius 2 is 1.38 bits per heavy atom. The maximum atomic E-state index is 10.0. The first-order valence-electron chi connectivity index (χ1n) is 13.2. The molecule has 1 aliphatic rings. The van der Waals surface area contributed by atoms with Crippen LogP contribution in [0.15, 0.2) is 23.3 Å². The van der Waals surface area contributed by atoms with Crippen LogP contribution in [0.5, 0.6) is 0 Å². The summed E-state index contributed by atoms with van der Waals surface area (Å²) in [7, 11) is 0. The molecule has 0 aliphatic heterocycles. The minimum atomic E-state index is -0.670. The third-order valence-corrected chi connectivity index (χ3v) is 5.69. The molecule has 0 amide bonds. The van der Waals surface area contributed by atoms with E-state index in [1.165, 1.54) is 38.5 Å². The predicted molar refractivity (Wildman–Crippen MR) is 149 cm³/mol. The van der Waals surface area contributed by atoms with Crippen LogP contribution in [-0.2, 0) is 16.0 Å². The van der Waals surface area contributed by atoms with E-state index in [0.717, 1.165) is 60.9 Å². The van der Waals surface area contributed by atoms with Gasteiger partial charge in [0.05, 0.1) is 5.71 Å². The molecule has 0 saturated carbocycles. The zero-order valence-electron chi connectivity index (χ0n) is 22.4. The van der Waals surface area contributed by atoms with Crippen molar-refractivity contribution in [1.82, 2.24) is 5.43 Å². The van der Waals surface area contributed by atoms with Crippen LogP contribution in [0.3, 0.4) is 0 Å². The van der Waals surface area contributed by atoms with Gasteiger partial charge in [0.15, 0.2) is 0 Å². The lowest BCUT2D eigenvalue weighted by Crippen LogP contribution is -2.26. The molecule has 37 heavy (non-hydrogen) atoms. The van der Waals surface area contributed by atoms with Crippen LogP contribution in [0.25, 0.3) is 0 Å². The third kappa shape index (κ3) is 16.8. The second kappa shape index (κ2) is 20.7. The van der Waals surface area contributed by atoms with Gasteiger partial charge in [-0.1, -0.05) is 83.4 Å². The summed E-state index contributed by atoms with van der Waals surface area (Å²) in [5, 5.41) is 35.2. The fraction of sp³-hybridized carbons (Fsp3) is 0.593. The number of hydrogen-bond donors (Lipinski definition) is 7. The van der Waals surface area contributed by atoms with E-state index in [2.05, 4.69) is 24.4 Å². The number of nitrogens with zero attached hydrogens (tertiary/aromatic N) is 1. The SMILES string of the molecule is CCCCCCCC(=O)O.CCCCCCCC(=O)O.N=C(N)NN=C1CCc2c(C(=N)N)cccc21. The van der Waals surface area contributed by atoms with E-state index < -0.39 is 11.9 Å². The molecular weight excluding hydrogens is 472 g/mol. The van der Waals surface area contributed by atoms with Gasteiger partial charge in [0.25, 0.3) is 0 Å². The minimum Gasteiger partial charge on any atom is -0.481 e. The van der Waals surface area contributed by atoms with E-state index in [1.807, 2.05) is 18.2 Å². The van der Waals surface area contributed by atoms with Crippen molar-refractivity contribution in [1.29, 1.82) is 10.8 Å². The Morgan fingerprint density at radius 3 is 1.81 bits per heavy atom. The summed E-state index contributed by atoms with van der Waals surface area (Å²) in [5.41, 5.74) is 16.8. The Hall–Kier alpha value is -3.43. The molecule has 0 unspecified atom stereocenters. The topological polar surface area (TPSA) is 199 Å². The molecule has 1 aromatic carbocycles. The van der Waals surface area contributed by atoms with Gasteiger partial charge in [-0.2, -0.15) is 5.10 Å². The van der Waals surface area contributed by atoms with Gasteiger partial charge >= 0.3 is 11.9 Å². The molecule has 0 atom stereocenters. The standard InChI is InChI=1S/C11H14N6.2C8H16O2/c12-10(13)8-3-1-2-7-6(8)4-5-9(7)16-17-11(14)15;2*1-2-3-4-5-6-7-8(9)10/h1-3H,4-5H2,(H3,12,13)(H4,14,15,17);2*2-7H2,1H3,(H,9,10). The van der Waals surface area contributed by atoms with Gasteiger partial charge in [0.1, 0.15) is 5.84 Å². The van der Waals surface area contributed by atoms with Gasteiger partial charge in [0, 0.05) is 24.0 Å². The van der Waals surface area contributed by atoms with E-state index in [4.69, 9.17) is 32.5 Å². The molecule has 9 N–H and O–H groups in total. The summed E-state index contributed by atoms with van der Waals surface area (Å²) in [6, 6.07) is 5.63. The molecule has 0 aromatic heterocycles. The predicted octanol–water partition coefficient (Wildman–Crippen LogP) is 4.97. The number of aliphatic carboxylic acids is 2. The Kier molecular flexibility index (Phi) is 18.8. The Labute approximate surface area is 220 Å². The lowest BCUT2D eigenvalue weighted by molar-refractivity contribution is -0.138. The zero-order valence-corrected chi connectivity index (χ0v) is 22.4. The molecule has 1 aliphatic carbocycles. The highest BCUT2D eigenvalue weighted by molar-refractivity contribution is 6.08. The number of hydrazone groups is 1. The number of amidine groups is 1. The molecule has 0 heterocycles. The number of carbonyl (C=O) groups is 2. The summed E-state index contributed by atoms with van der Waals surface area (Å²) in [5.74, 6) is -1.45. The van der Waals surface area contributed by atoms with Gasteiger partial charge in [0.2, 0.25) is 5.96 Å². The summed E-state index contributed by atoms with van der Waals surface area (Å²) in [6.45, 7) is 4.30. The van der Waals surface area contributed by atoms with Crippen LogP contribution in [-0.4, -0.2) is 39.7 Å². The van der Waals surface area contributed by atoms with Crippen molar-refractivity contribution in [2.45, 2.75) is 104 Å². The number of guanidine groups is 1. The number of benzene rings is 1. The van der Waals surface area contributed by atoms with Crippen molar-refractivity contribution in [2.75, 3.05) is 0 Å². The number of rotatable bonds is 14. The maximum Gasteiger partial charge on any atom is 0.303 e. The molecule has 2 rings (SSSR count). The summed E-state index contributed by atoms with van der Waals surface area (Å²) in [4.78, 5) is 20.1. The van der Waals surface area contributed by atoms with Crippen LogP contribution < -0.4 is 16.9 Å². The largest absolute Gasteiger partial charge is 0.481 e. The second-order valence-electron chi connectivity index (χ2n) is 8.95. The second-order valence-corrected chi connectivity index (χ2v) is 8.95. The molecule has 0 fully saturated rings. The van der Waals surface area contributed by atoms with E-state index in [0.29, 0.717) is 12.8 Å². The van der Waals surface area contributed by atoms with Crippen molar-refractivity contribution >= 4 is 29.4 Å². The van der Waals surface area contributed by atoms with Gasteiger partial charge in [-0.3, -0.25) is 20.4 Å². The average Bonchev–Trinajstić information content (AvgIpc) is 3.26. The first kappa shape index (κ1) is 33.6. The van der Waals surface area contributed by atoms with Gasteiger partial charge in [-0.15, -0.1) is 0 Å². The minimum absolute atomic E-state index is 0.0719. The number of hydrogen-bond acceptors (Lipinski definition) is 5. The molecule has 10 nitrogen and oxygen atoms in total. The zero-order chi connectivity index (χ0) is 28.1. The molecule has 0 spiro atoms. The Bertz CT molecular complexity index is 862. The smallest absolute Gasteiger partial charge is 0.303 e. The molecule has 10 heteroatoms. The van der Waals surface area contributed by atoms with Crippen molar-refractivity contribution in [3.63, 3.8) is 0 Å². The summed E-state index contributed by atoms with van der Waals surface area (Å²) >= 11 is 0. The van der Waals surface area contributed by atoms with Crippen molar-refractivity contribution < 1.29 is 19.8 Å².